The molecule has 22 heavy (non-hydrogen) atoms. The summed E-state index contributed by atoms with van der Waals surface area (Å²) in [7, 11) is 0. The molecular formula is C14H18N6O2. The van der Waals surface area contributed by atoms with Gasteiger partial charge in [-0.15, -0.1) is 0 Å². The molecule has 0 bridgehead atoms. The predicted octanol–water partition coefficient (Wildman–Crippen LogP) is 4.36. The Bertz CT molecular complexity index is 645. The normalized spacial score (nSPS) is 16.5. The third-order valence-corrected chi connectivity index (χ3v) is 3.15. The quantitative estimate of drug-likeness (QED) is 0.324. The maximum Gasteiger partial charge on any atom is 0.198 e. The number of nitrogens with zero attached hydrogens (tertiary/aromatic N) is 6. The number of rotatable bonds is 2. The second-order valence-corrected chi connectivity index (χ2v) is 6.98. The third kappa shape index (κ3) is 3.03. The van der Waals surface area contributed by atoms with E-state index in [1.54, 1.807) is 41.5 Å². The number of ketones is 2. The standard InChI is InChI=1S/C14H18N6O2/c1-13(2,3)7-9(17-19-15)12(22)10(18-20-16)8(11(7)21)14(4,5)6/h1-6H3. The fraction of sp³-hybridized carbons (Fsp3) is 0.571. The smallest absolute Gasteiger partial charge is 0.198 e. The summed E-state index contributed by atoms with van der Waals surface area (Å²) in [5, 5.41) is 6.77. The zero-order valence-electron chi connectivity index (χ0n) is 13.5. The topological polar surface area (TPSA) is 132 Å². The number of hydrogen-bond acceptors (Lipinski definition) is 4. The first-order chi connectivity index (χ1) is 9.96. The Kier molecular flexibility index (Phi) is 4.51. The van der Waals surface area contributed by atoms with E-state index >= 15 is 0 Å². The van der Waals surface area contributed by atoms with Crippen molar-refractivity contribution in [2.75, 3.05) is 0 Å². The van der Waals surface area contributed by atoms with E-state index in [1.807, 2.05) is 0 Å². The molecule has 0 aromatic heterocycles. The summed E-state index contributed by atoms with van der Waals surface area (Å²) < 4.78 is 0. The van der Waals surface area contributed by atoms with E-state index in [-0.39, 0.29) is 22.5 Å². The van der Waals surface area contributed by atoms with E-state index in [4.69, 9.17) is 11.1 Å². The van der Waals surface area contributed by atoms with Gasteiger partial charge in [0.1, 0.15) is 0 Å². The van der Waals surface area contributed by atoms with Crippen molar-refractivity contribution < 1.29 is 9.59 Å². The van der Waals surface area contributed by atoms with Crippen LogP contribution in [0.2, 0.25) is 0 Å². The molecule has 8 nitrogen and oxygen atoms in total. The van der Waals surface area contributed by atoms with Crippen LogP contribution in [-0.2, 0) is 9.59 Å². The molecule has 0 N–H and O–H groups in total. The lowest BCUT2D eigenvalue weighted by atomic mass is 9.70. The summed E-state index contributed by atoms with van der Waals surface area (Å²) in [6.07, 6.45) is 0. The Morgan fingerprint density at radius 3 is 1.27 bits per heavy atom. The molecule has 0 spiro atoms. The van der Waals surface area contributed by atoms with Gasteiger partial charge < -0.3 is 0 Å². The molecule has 0 unspecified atom stereocenters. The molecular weight excluding hydrogens is 284 g/mol. The average molecular weight is 302 g/mol. The summed E-state index contributed by atoms with van der Waals surface area (Å²) in [6.45, 7) is 10.5. The highest BCUT2D eigenvalue weighted by Crippen LogP contribution is 2.42. The minimum Gasteiger partial charge on any atom is -0.289 e. The van der Waals surface area contributed by atoms with Crippen molar-refractivity contribution in [3.8, 4) is 0 Å². The lowest BCUT2D eigenvalue weighted by molar-refractivity contribution is -0.118. The molecule has 0 radical (unpaired) electrons. The number of Topliss-reactive ketones (excluding diaryl/α,β-unsaturated/α-hetero) is 2. The van der Waals surface area contributed by atoms with Crippen molar-refractivity contribution in [3.63, 3.8) is 0 Å². The van der Waals surface area contributed by atoms with E-state index in [2.05, 4.69) is 20.1 Å². The molecule has 0 amide bonds. The molecule has 116 valence electrons. The van der Waals surface area contributed by atoms with Crippen molar-refractivity contribution in [1.29, 1.82) is 0 Å². The van der Waals surface area contributed by atoms with Gasteiger partial charge in [0.25, 0.3) is 0 Å². The minimum atomic E-state index is -0.718. The number of hydrogen-bond donors (Lipinski definition) is 0. The highest BCUT2D eigenvalue weighted by Gasteiger charge is 2.42. The van der Waals surface area contributed by atoms with E-state index in [0.717, 1.165) is 0 Å². The first-order valence-corrected chi connectivity index (χ1v) is 6.66. The zero-order chi connectivity index (χ0) is 17.3. The molecule has 0 saturated heterocycles. The minimum absolute atomic E-state index is 0.136. The van der Waals surface area contributed by atoms with Gasteiger partial charge in [0.05, 0.1) is 11.4 Å². The number of carbonyl (C=O) groups is 2. The van der Waals surface area contributed by atoms with Crippen molar-refractivity contribution in [1.82, 2.24) is 0 Å². The molecule has 0 aliphatic heterocycles. The molecule has 0 saturated carbocycles. The lowest BCUT2D eigenvalue weighted by Crippen LogP contribution is -2.34. The Labute approximate surface area is 128 Å². The van der Waals surface area contributed by atoms with Gasteiger partial charge in [-0.25, -0.2) is 0 Å². The van der Waals surface area contributed by atoms with Crippen molar-refractivity contribution in [2.24, 2.45) is 21.1 Å². The van der Waals surface area contributed by atoms with Crippen LogP contribution in [0.4, 0.5) is 0 Å². The molecule has 1 aliphatic carbocycles. The molecule has 0 aromatic carbocycles. The molecule has 8 heteroatoms. The lowest BCUT2D eigenvalue weighted by Gasteiger charge is -2.33. The summed E-state index contributed by atoms with van der Waals surface area (Å²) >= 11 is 0. The van der Waals surface area contributed by atoms with Crippen molar-refractivity contribution in [2.45, 2.75) is 41.5 Å². The van der Waals surface area contributed by atoms with Crippen LogP contribution < -0.4 is 0 Å². The Balaban J connectivity index is 3.89. The summed E-state index contributed by atoms with van der Waals surface area (Å²) in [5.41, 5.74) is 15.7. The fourth-order valence-electron chi connectivity index (χ4n) is 2.35. The number of azide groups is 2. The second kappa shape index (κ2) is 5.67. The first-order valence-electron chi connectivity index (χ1n) is 6.66. The average Bonchev–Trinajstić information content (AvgIpc) is 2.32. The van der Waals surface area contributed by atoms with Crippen molar-refractivity contribution in [3.05, 3.63) is 43.4 Å². The van der Waals surface area contributed by atoms with Gasteiger partial charge >= 0.3 is 0 Å². The summed E-state index contributed by atoms with van der Waals surface area (Å²) in [5.74, 6) is -1.14. The highest BCUT2D eigenvalue weighted by molar-refractivity contribution is 6.25. The van der Waals surface area contributed by atoms with Crippen LogP contribution >= 0.6 is 0 Å². The highest BCUT2D eigenvalue weighted by atomic mass is 16.1. The predicted molar refractivity (Wildman–Crippen MR) is 81.3 cm³/mol. The van der Waals surface area contributed by atoms with Crippen LogP contribution in [0.25, 0.3) is 20.9 Å². The van der Waals surface area contributed by atoms with Gasteiger partial charge in [0.2, 0.25) is 0 Å². The molecule has 1 rings (SSSR count). The van der Waals surface area contributed by atoms with Gasteiger partial charge in [0.15, 0.2) is 11.6 Å². The van der Waals surface area contributed by atoms with Gasteiger partial charge in [-0.1, -0.05) is 51.8 Å². The zero-order valence-corrected chi connectivity index (χ0v) is 13.5. The Morgan fingerprint density at radius 1 is 0.727 bits per heavy atom. The Hall–Kier alpha value is -2.56. The largest absolute Gasteiger partial charge is 0.289 e. The van der Waals surface area contributed by atoms with E-state index < -0.39 is 22.4 Å². The number of carbonyl (C=O) groups excluding carboxylic acids is 2. The van der Waals surface area contributed by atoms with Crippen LogP contribution in [0.15, 0.2) is 32.8 Å². The molecule has 0 heterocycles. The maximum atomic E-state index is 12.9. The fourth-order valence-corrected chi connectivity index (χ4v) is 2.35. The third-order valence-electron chi connectivity index (χ3n) is 3.15. The van der Waals surface area contributed by atoms with Crippen LogP contribution in [0, 0.1) is 10.8 Å². The summed E-state index contributed by atoms with van der Waals surface area (Å²) in [4.78, 5) is 30.7. The van der Waals surface area contributed by atoms with Gasteiger partial charge in [-0.05, 0) is 21.9 Å². The van der Waals surface area contributed by atoms with Crippen LogP contribution in [0.5, 0.6) is 0 Å². The van der Waals surface area contributed by atoms with Gasteiger partial charge in [-0.3, -0.25) is 9.59 Å². The van der Waals surface area contributed by atoms with Gasteiger partial charge in [0, 0.05) is 21.0 Å². The van der Waals surface area contributed by atoms with Crippen LogP contribution in [0.1, 0.15) is 41.5 Å². The molecule has 0 aromatic rings. The molecule has 1 aliphatic rings. The van der Waals surface area contributed by atoms with Gasteiger partial charge in [-0.2, -0.15) is 0 Å². The number of allylic oxidation sites excluding steroid dienone is 2. The Morgan fingerprint density at radius 2 is 1.05 bits per heavy atom. The SMILES string of the molecule is CC(C)(C)C1=C(N=[N+]=[N-])C(=O)C(N=[N+]=[N-])=C(C(C)(C)C)C1=O. The van der Waals surface area contributed by atoms with E-state index in [9.17, 15) is 9.59 Å². The first kappa shape index (κ1) is 17.5. The molecule has 0 fully saturated rings. The van der Waals surface area contributed by atoms with E-state index in [0.29, 0.717) is 0 Å². The summed E-state index contributed by atoms with van der Waals surface area (Å²) in [6, 6.07) is 0. The molecule has 0 atom stereocenters. The monoisotopic (exact) mass is 302 g/mol. The van der Waals surface area contributed by atoms with Crippen LogP contribution in [0.3, 0.4) is 0 Å². The second-order valence-electron chi connectivity index (χ2n) is 6.98. The van der Waals surface area contributed by atoms with E-state index in [1.165, 1.54) is 0 Å². The van der Waals surface area contributed by atoms with Crippen LogP contribution in [-0.4, -0.2) is 11.6 Å². The maximum absolute atomic E-state index is 12.9. The van der Waals surface area contributed by atoms with Crippen molar-refractivity contribution >= 4 is 11.6 Å².